The molecule has 1 aliphatic rings. The van der Waals surface area contributed by atoms with E-state index in [2.05, 4.69) is 10.6 Å². The maximum Gasteiger partial charge on any atom is 0.246 e. The van der Waals surface area contributed by atoms with Gasteiger partial charge in [0.1, 0.15) is 0 Å². The molecule has 0 spiro atoms. The van der Waals surface area contributed by atoms with Crippen molar-refractivity contribution in [2.45, 2.75) is 32.4 Å². The second kappa shape index (κ2) is 6.15. The summed E-state index contributed by atoms with van der Waals surface area (Å²) in [5, 5.41) is 7.79. The van der Waals surface area contributed by atoms with E-state index in [0.29, 0.717) is 19.4 Å². The van der Waals surface area contributed by atoms with E-state index in [1.807, 2.05) is 11.4 Å². The molecule has 3 amide bonds. The van der Waals surface area contributed by atoms with Crippen LogP contribution in [0.1, 0.15) is 24.6 Å². The zero-order valence-corrected chi connectivity index (χ0v) is 12.3. The number of rotatable bonds is 4. The predicted octanol–water partition coefficient (Wildman–Crippen LogP) is 0.943. The molecule has 0 bridgehead atoms. The van der Waals surface area contributed by atoms with Crippen molar-refractivity contribution in [1.82, 2.24) is 10.2 Å². The Morgan fingerprint density at radius 2 is 2.25 bits per heavy atom. The minimum absolute atomic E-state index is 0.122. The number of carbonyl (C=O) groups is 3. The SMILES string of the molecule is CC(=O)Nc1ccsc1CNC1CCC(=O)N(C)C1=O. The molecule has 7 heteroatoms. The molecule has 108 valence electrons. The lowest BCUT2D eigenvalue weighted by Crippen LogP contribution is -2.51. The van der Waals surface area contributed by atoms with Gasteiger partial charge in [0, 0.05) is 31.8 Å². The maximum atomic E-state index is 11.9. The number of nitrogens with zero attached hydrogens (tertiary/aromatic N) is 1. The lowest BCUT2D eigenvalue weighted by Gasteiger charge is -2.28. The highest BCUT2D eigenvalue weighted by atomic mass is 32.1. The van der Waals surface area contributed by atoms with Crippen LogP contribution in [0.5, 0.6) is 0 Å². The molecule has 2 N–H and O–H groups in total. The molecular weight excluding hydrogens is 278 g/mol. The third-order valence-electron chi connectivity index (χ3n) is 3.21. The van der Waals surface area contributed by atoms with Gasteiger partial charge in [0.15, 0.2) is 0 Å². The standard InChI is InChI=1S/C13H17N3O3S/c1-8(17)15-9-5-6-20-11(9)7-14-10-3-4-12(18)16(2)13(10)19/h5-6,10,14H,3-4,7H2,1-2H3,(H,15,17). The lowest BCUT2D eigenvalue weighted by atomic mass is 10.0. The highest BCUT2D eigenvalue weighted by Crippen LogP contribution is 2.23. The second-order valence-electron chi connectivity index (χ2n) is 4.70. The number of hydrogen-bond acceptors (Lipinski definition) is 5. The molecule has 2 rings (SSSR count). The topological polar surface area (TPSA) is 78.5 Å². The fraction of sp³-hybridized carbons (Fsp3) is 0.462. The van der Waals surface area contributed by atoms with Crippen LogP contribution in [-0.2, 0) is 20.9 Å². The van der Waals surface area contributed by atoms with Gasteiger partial charge < -0.3 is 10.6 Å². The van der Waals surface area contributed by atoms with Gasteiger partial charge in [-0.2, -0.15) is 0 Å². The summed E-state index contributed by atoms with van der Waals surface area (Å²) in [6.45, 7) is 1.95. The van der Waals surface area contributed by atoms with Gasteiger partial charge in [-0.3, -0.25) is 19.3 Å². The molecular formula is C13H17N3O3S. The number of likely N-dealkylation sites (N-methyl/N-ethyl adjacent to an activating group) is 1. The van der Waals surface area contributed by atoms with Crippen molar-refractivity contribution in [3.8, 4) is 0 Å². The van der Waals surface area contributed by atoms with Gasteiger partial charge in [-0.1, -0.05) is 0 Å². The van der Waals surface area contributed by atoms with E-state index in [9.17, 15) is 14.4 Å². The summed E-state index contributed by atoms with van der Waals surface area (Å²) in [4.78, 5) is 36.5. The first kappa shape index (κ1) is 14.7. The van der Waals surface area contributed by atoms with Gasteiger partial charge in [0.25, 0.3) is 0 Å². The average Bonchev–Trinajstić information content (AvgIpc) is 2.82. The van der Waals surface area contributed by atoms with Gasteiger partial charge in [0.2, 0.25) is 17.7 Å². The van der Waals surface area contributed by atoms with E-state index >= 15 is 0 Å². The number of piperidine rings is 1. The summed E-state index contributed by atoms with van der Waals surface area (Å²) in [7, 11) is 1.51. The third-order valence-corrected chi connectivity index (χ3v) is 4.14. The molecule has 1 unspecified atom stereocenters. The summed E-state index contributed by atoms with van der Waals surface area (Å²) >= 11 is 1.51. The van der Waals surface area contributed by atoms with E-state index in [4.69, 9.17) is 0 Å². The van der Waals surface area contributed by atoms with Gasteiger partial charge in [-0.05, 0) is 17.9 Å². The predicted molar refractivity (Wildman–Crippen MR) is 76.3 cm³/mol. The normalized spacial score (nSPS) is 19.3. The van der Waals surface area contributed by atoms with Crippen molar-refractivity contribution in [3.05, 3.63) is 16.3 Å². The first-order chi connectivity index (χ1) is 9.49. The first-order valence-corrected chi connectivity index (χ1v) is 7.24. The molecule has 20 heavy (non-hydrogen) atoms. The smallest absolute Gasteiger partial charge is 0.246 e. The van der Waals surface area contributed by atoms with Crippen molar-refractivity contribution < 1.29 is 14.4 Å². The fourth-order valence-corrected chi connectivity index (χ4v) is 2.88. The van der Waals surface area contributed by atoms with Crippen LogP contribution in [0.2, 0.25) is 0 Å². The van der Waals surface area contributed by atoms with Crippen LogP contribution in [0.25, 0.3) is 0 Å². The highest BCUT2D eigenvalue weighted by molar-refractivity contribution is 7.10. The number of carbonyl (C=O) groups excluding carboxylic acids is 3. The van der Waals surface area contributed by atoms with Crippen molar-refractivity contribution in [2.75, 3.05) is 12.4 Å². The Bertz CT molecular complexity index is 541. The maximum absolute atomic E-state index is 11.9. The van der Waals surface area contributed by atoms with Crippen LogP contribution in [-0.4, -0.2) is 35.7 Å². The van der Waals surface area contributed by atoms with Crippen molar-refractivity contribution in [2.24, 2.45) is 0 Å². The van der Waals surface area contributed by atoms with Crippen LogP contribution in [0.4, 0.5) is 5.69 Å². The Labute approximate surface area is 121 Å². The van der Waals surface area contributed by atoms with E-state index < -0.39 is 0 Å². The quantitative estimate of drug-likeness (QED) is 0.811. The summed E-state index contributed by atoms with van der Waals surface area (Å²) < 4.78 is 0. The van der Waals surface area contributed by atoms with E-state index in [1.165, 1.54) is 30.2 Å². The Morgan fingerprint density at radius 1 is 1.50 bits per heavy atom. The molecule has 1 aromatic rings. The summed E-state index contributed by atoms with van der Waals surface area (Å²) in [5.41, 5.74) is 0.766. The van der Waals surface area contributed by atoms with Gasteiger partial charge in [0.05, 0.1) is 11.7 Å². The number of anilines is 1. The number of amides is 3. The minimum atomic E-state index is -0.343. The highest BCUT2D eigenvalue weighted by Gasteiger charge is 2.31. The Balaban J connectivity index is 1.95. The molecule has 1 aromatic heterocycles. The molecule has 1 fully saturated rings. The molecule has 0 radical (unpaired) electrons. The fourth-order valence-electron chi connectivity index (χ4n) is 2.10. The van der Waals surface area contributed by atoms with E-state index in [1.54, 1.807) is 0 Å². The molecule has 6 nitrogen and oxygen atoms in total. The van der Waals surface area contributed by atoms with Gasteiger partial charge in [-0.15, -0.1) is 11.3 Å². The van der Waals surface area contributed by atoms with Crippen molar-refractivity contribution in [3.63, 3.8) is 0 Å². The summed E-state index contributed by atoms with van der Waals surface area (Å²) in [6.07, 6.45) is 0.895. The Kier molecular flexibility index (Phi) is 4.51. The zero-order chi connectivity index (χ0) is 14.7. The van der Waals surface area contributed by atoms with Crippen molar-refractivity contribution in [1.29, 1.82) is 0 Å². The van der Waals surface area contributed by atoms with Crippen molar-refractivity contribution >= 4 is 34.7 Å². The Hall–Kier alpha value is -1.73. The number of thiophene rings is 1. The molecule has 0 saturated carbocycles. The second-order valence-corrected chi connectivity index (χ2v) is 5.70. The number of imide groups is 1. The number of likely N-dealkylation sites (tertiary alicyclic amines) is 1. The van der Waals surface area contributed by atoms with Crippen LogP contribution < -0.4 is 10.6 Å². The third kappa shape index (κ3) is 3.23. The van der Waals surface area contributed by atoms with Crippen LogP contribution in [0.3, 0.4) is 0 Å². The zero-order valence-electron chi connectivity index (χ0n) is 11.4. The number of nitrogens with one attached hydrogen (secondary N) is 2. The first-order valence-electron chi connectivity index (χ1n) is 6.36. The van der Waals surface area contributed by atoms with Gasteiger partial charge in [-0.25, -0.2) is 0 Å². The van der Waals surface area contributed by atoms with Crippen LogP contribution in [0, 0.1) is 0 Å². The molecule has 1 aliphatic heterocycles. The molecule has 0 aliphatic carbocycles. The summed E-state index contributed by atoms with van der Waals surface area (Å²) in [5.74, 6) is -0.453. The average molecular weight is 295 g/mol. The largest absolute Gasteiger partial charge is 0.325 e. The van der Waals surface area contributed by atoms with E-state index in [-0.39, 0.29) is 23.8 Å². The van der Waals surface area contributed by atoms with Gasteiger partial charge >= 0.3 is 0 Å². The van der Waals surface area contributed by atoms with Crippen LogP contribution in [0.15, 0.2) is 11.4 Å². The van der Waals surface area contributed by atoms with E-state index in [0.717, 1.165) is 10.6 Å². The summed E-state index contributed by atoms with van der Waals surface area (Å²) in [6, 6.07) is 1.49. The Morgan fingerprint density at radius 3 is 2.95 bits per heavy atom. The molecule has 1 atom stereocenters. The molecule has 0 aromatic carbocycles. The molecule has 2 heterocycles. The van der Waals surface area contributed by atoms with Crippen LogP contribution >= 0.6 is 11.3 Å². The minimum Gasteiger partial charge on any atom is -0.325 e. The lowest BCUT2D eigenvalue weighted by molar-refractivity contribution is -0.148. The number of hydrogen-bond donors (Lipinski definition) is 2. The monoisotopic (exact) mass is 295 g/mol. The molecule has 1 saturated heterocycles.